The molecule has 4 aliphatic carbocycles. The fraction of sp³-hybridized carbons (Fsp3) is 0.268. The van der Waals surface area contributed by atoms with E-state index >= 15 is 0 Å². The fourth-order valence-electron chi connectivity index (χ4n) is 11.7. The molecule has 612 valence electrons. The lowest BCUT2D eigenvalue weighted by Crippen LogP contribution is -2.46. The van der Waals surface area contributed by atoms with E-state index in [0.717, 1.165) is 55.0 Å². The Labute approximate surface area is 669 Å². The van der Waals surface area contributed by atoms with Crippen molar-refractivity contribution in [2.24, 2.45) is 0 Å². The van der Waals surface area contributed by atoms with Crippen LogP contribution in [0.5, 0.6) is 0 Å². The highest BCUT2D eigenvalue weighted by molar-refractivity contribution is 7.90. The summed E-state index contributed by atoms with van der Waals surface area (Å²) in [5.74, 6) is -16.5. The maximum Gasteiger partial charge on any atom is 0.257 e. The second kappa shape index (κ2) is 37.9. The van der Waals surface area contributed by atoms with Gasteiger partial charge < -0.3 is 41.7 Å². The van der Waals surface area contributed by atoms with Gasteiger partial charge >= 0.3 is 0 Å². The molecule has 4 aliphatic rings. The van der Waals surface area contributed by atoms with Crippen LogP contribution in [0.4, 0.5) is 66.7 Å². The third-order valence-electron chi connectivity index (χ3n) is 17.6. The van der Waals surface area contributed by atoms with E-state index in [2.05, 4.69) is 40.2 Å². The molecule has 0 heterocycles. The summed E-state index contributed by atoms with van der Waals surface area (Å²) in [6.07, 6.45) is 2.40. The molecule has 0 radical (unpaired) electrons. The largest absolute Gasteiger partial charge is 0.393 e. The number of amides is 4. The minimum atomic E-state index is -4.43. The second-order valence-electron chi connectivity index (χ2n) is 25.9. The van der Waals surface area contributed by atoms with Crippen molar-refractivity contribution in [2.75, 3.05) is 21.3 Å². The molecule has 43 heteroatoms. The fourth-order valence-corrected chi connectivity index (χ4v) is 18.4. The Morgan fingerprint density at radius 1 is 0.333 bits per heavy atom. The van der Waals surface area contributed by atoms with Crippen LogP contribution in [-0.4, -0.2) is 126 Å². The summed E-state index contributed by atoms with van der Waals surface area (Å²) >= 11 is 28.9. The van der Waals surface area contributed by atoms with Crippen molar-refractivity contribution in [3.8, 4) is 0 Å². The average molecular weight is 1780 g/mol. The first-order valence-electron chi connectivity index (χ1n) is 33.5. The molecule has 8 aromatic rings. The highest BCUT2D eigenvalue weighted by atomic mass is 35.5. The first-order valence-corrected chi connectivity index (χ1v) is 41.4. The van der Waals surface area contributed by atoms with Crippen molar-refractivity contribution >= 4 is 144 Å². The van der Waals surface area contributed by atoms with Gasteiger partial charge in [0.2, 0.25) is 40.1 Å². The number of benzene rings is 8. The third-order valence-corrected chi connectivity index (χ3v) is 25.3. The molecule has 0 saturated heterocycles. The number of carbonyl (C=O) groups is 4. The lowest BCUT2D eigenvalue weighted by atomic mass is 9.91. The van der Waals surface area contributed by atoms with Crippen LogP contribution in [0, 0.1) is 58.2 Å². The van der Waals surface area contributed by atoms with Gasteiger partial charge in [0.15, 0.2) is 52.4 Å². The molecule has 4 saturated carbocycles. The molecule has 0 aliphatic heterocycles. The second-order valence-corrected chi connectivity index (χ2v) is 34.7. The highest BCUT2D eigenvalue weighted by Gasteiger charge is 2.36. The topological polar surface area (TPSA) is 382 Å². The number of sulfonamides is 4. The Kier molecular flexibility index (Phi) is 29.8. The predicted molar refractivity (Wildman–Crippen MR) is 399 cm³/mol. The smallest absolute Gasteiger partial charge is 0.257 e. The van der Waals surface area contributed by atoms with E-state index in [1.807, 2.05) is 0 Å². The lowest BCUT2D eigenvalue weighted by molar-refractivity contribution is 0.0711. The standard InChI is InChI=1S/C18H15Cl2F3N2O4S.C18H16Cl2F2N2O4S.C18H18F2N2O4S.C17H14ClF3N2O4S/c19-10-7-12(21)16(30(28,29)25-14-2-1-3-15(14)26)6-9(10)18(27)24-8-4-11(20)17(23)13(22)5-8;19-12-5-4-10(29(27,28)24-15-2-1-3-16(15)25)8-11(12)18(26)23-9-6-13(20)17(22)14(21)7-9;19-14-8-7-12(10-15(14)20)21-18(24)11-3-1-4-13(9-11)27(25,26)22-16-5-2-6-17(16)23;18-12-2-1-8(3-15(12)28(26,27)23-10-4-11(24)5-10)17(25)22-9-6-13(19)16(21)14(20)7-9/h4-7,14-15,25-26H,1-3H2,(H,24,27);4-8,15-16,24-25H,1-3H2,(H,23,26);1,3-4,7-10,16-17,22-23H,2,5-6H2,(H,21,24);1-3,6-7,10-11,23-24H,4-5H2,(H,22,25). The molecule has 24 nitrogen and oxygen atoms in total. The molecular formula is C71H63Cl5F10N8O16S4. The van der Waals surface area contributed by atoms with Crippen molar-refractivity contribution in [1.82, 2.24) is 18.9 Å². The van der Waals surface area contributed by atoms with Gasteiger partial charge in [-0.2, -0.15) is 0 Å². The quantitative estimate of drug-likeness (QED) is 0.0249. The highest BCUT2D eigenvalue weighted by Crippen LogP contribution is 2.34. The summed E-state index contributed by atoms with van der Waals surface area (Å²) in [6, 6.07) is 18.6. The summed E-state index contributed by atoms with van der Waals surface area (Å²) in [5, 5.41) is 46.0. The number of halogens is 15. The van der Waals surface area contributed by atoms with E-state index in [1.165, 1.54) is 54.6 Å². The van der Waals surface area contributed by atoms with Crippen molar-refractivity contribution in [1.29, 1.82) is 0 Å². The van der Waals surface area contributed by atoms with Crippen molar-refractivity contribution in [3.63, 3.8) is 0 Å². The zero-order valence-corrected chi connectivity index (χ0v) is 65.1. The summed E-state index contributed by atoms with van der Waals surface area (Å²) in [4.78, 5) is 48.1. The van der Waals surface area contributed by atoms with E-state index in [1.54, 1.807) is 0 Å². The molecule has 4 fully saturated rings. The van der Waals surface area contributed by atoms with Gasteiger partial charge in [0, 0.05) is 88.4 Å². The van der Waals surface area contributed by atoms with Gasteiger partial charge in [-0.05, 0) is 162 Å². The van der Waals surface area contributed by atoms with Crippen LogP contribution in [0.25, 0.3) is 0 Å². The van der Waals surface area contributed by atoms with Gasteiger partial charge in [0.1, 0.15) is 15.6 Å². The SMILES string of the molecule is O=C(Nc1cc(F)c(F)c(Cl)c1)c1cc(S(=O)(=O)NC2CCCC2O)c(F)cc1Cl.O=C(Nc1cc(F)c(F)c(Cl)c1)c1cc(S(=O)(=O)NC2CCCC2O)ccc1Cl.O=C(Nc1cc(F)c(F)c(F)c1)c1ccc(Cl)c(S(=O)(=O)NC2CC(O)C2)c1.O=C(Nc1ccc(F)c(F)c1)c1cccc(S(=O)(=O)NC2CCCC2O)c1. The van der Waals surface area contributed by atoms with Gasteiger partial charge in [-0.25, -0.2) is 96.5 Å². The van der Waals surface area contributed by atoms with Crippen molar-refractivity contribution in [3.05, 3.63) is 233 Å². The van der Waals surface area contributed by atoms with Gasteiger partial charge in [0.25, 0.3) is 23.6 Å². The van der Waals surface area contributed by atoms with E-state index in [9.17, 15) is 117 Å². The van der Waals surface area contributed by atoms with E-state index in [0.29, 0.717) is 75.6 Å². The minimum Gasteiger partial charge on any atom is -0.393 e. The predicted octanol–water partition coefficient (Wildman–Crippen LogP) is 12.8. The molecule has 114 heavy (non-hydrogen) atoms. The summed E-state index contributed by atoms with van der Waals surface area (Å²) < 4.78 is 243. The number of rotatable bonds is 20. The molecule has 6 atom stereocenters. The number of nitrogens with one attached hydrogen (secondary N) is 8. The van der Waals surface area contributed by atoms with Crippen LogP contribution in [0.3, 0.4) is 0 Å². The summed E-state index contributed by atoms with van der Waals surface area (Å²) in [5.41, 5.74) is -1.38. The first-order chi connectivity index (χ1) is 53.4. The van der Waals surface area contributed by atoms with Crippen LogP contribution >= 0.6 is 58.0 Å². The Bertz CT molecular complexity index is 5460. The van der Waals surface area contributed by atoms with E-state index in [4.69, 9.17) is 58.0 Å². The Morgan fingerprint density at radius 2 is 0.746 bits per heavy atom. The number of carbonyl (C=O) groups excluding carboxylic acids is 4. The number of aliphatic hydroxyl groups is 4. The number of hydrogen-bond acceptors (Lipinski definition) is 16. The lowest BCUT2D eigenvalue weighted by Gasteiger charge is -2.31. The number of aliphatic hydroxyl groups excluding tert-OH is 4. The van der Waals surface area contributed by atoms with Crippen LogP contribution in [0.15, 0.2) is 147 Å². The molecular weight excluding hydrogens is 1720 g/mol. The van der Waals surface area contributed by atoms with E-state index < -0.39 is 196 Å². The summed E-state index contributed by atoms with van der Waals surface area (Å²) in [6.45, 7) is 0. The molecule has 12 N–H and O–H groups in total. The monoisotopic (exact) mass is 1780 g/mol. The molecule has 12 rings (SSSR count). The van der Waals surface area contributed by atoms with Crippen LogP contribution in [0.2, 0.25) is 25.1 Å². The first kappa shape index (κ1) is 89.8. The number of hydrogen-bond donors (Lipinski definition) is 12. The van der Waals surface area contributed by atoms with Crippen LogP contribution < -0.4 is 40.2 Å². The van der Waals surface area contributed by atoms with Gasteiger partial charge in [-0.3, -0.25) is 19.2 Å². The zero-order chi connectivity index (χ0) is 83.8. The maximum atomic E-state index is 14.3. The molecule has 8 aromatic carbocycles. The molecule has 6 unspecified atom stereocenters. The summed E-state index contributed by atoms with van der Waals surface area (Å²) in [7, 11) is -16.4. The average Bonchev–Trinajstić information content (AvgIpc) is 1.15. The normalized spacial score (nSPS) is 19.4. The van der Waals surface area contributed by atoms with Gasteiger partial charge in [0.05, 0.1) is 70.4 Å². The Balaban J connectivity index is 0.000000174. The third kappa shape index (κ3) is 22.9. The molecule has 4 amide bonds. The van der Waals surface area contributed by atoms with Crippen LogP contribution in [-0.2, 0) is 40.1 Å². The number of anilines is 4. The van der Waals surface area contributed by atoms with Gasteiger partial charge in [-0.15, -0.1) is 0 Å². The maximum absolute atomic E-state index is 14.3. The van der Waals surface area contributed by atoms with Crippen molar-refractivity contribution in [2.45, 2.75) is 139 Å². The van der Waals surface area contributed by atoms with Crippen LogP contribution in [0.1, 0.15) is 112 Å². The Hall–Kier alpha value is -8.13. The molecule has 0 spiro atoms. The van der Waals surface area contributed by atoms with Crippen molar-refractivity contribution < 1.29 is 117 Å². The Morgan fingerprint density at radius 3 is 1.21 bits per heavy atom. The van der Waals surface area contributed by atoms with E-state index in [-0.39, 0.29) is 77.0 Å². The molecule has 0 aromatic heterocycles. The minimum absolute atomic E-state index is 0.0366. The zero-order valence-electron chi connectivity index (χ0n) is 58.0. The van der Waals surface area contributed by atoms with Gasteiger partial charge in [-0.1, -0.05) is 64.1 Å². The molecule has 0 bridgehead atoms.